The normalized spacial score (nSPS) is 13.9. The first-order chi connectivity index (χ1) is 7.21. The van der Waals surface area contributed by atoms with Crippen LogP contribution < -0.4 is 5.19 Å². The van der Waals surface area contributed by atoms with E-state index in [4.69, 9.17) is 8.85 Å². The van der Waals surface area contributed by atoms with Gasteiger partial charge in [-0.1, -0.05) is 37.3 Å². The molecule has 0 aromatic heterocycles. The highest BCUT2D eigenvalue weighted by molar-refractivity contribution is 7.83. The molecular weight excluding hydrogens is 224 g/mol. The maximum Gasteiger partial charge on any atom is 0.385 e. The first-order valence-corrected chi connectivity index (χ1v) is 7.46. The van der Waals surface area contributed by atoms with E-state index in [-0.39, 0.29) is 4.87 Å². The van der Waals surface area contributed by atoms with Gasteiger partial charge < -0.3 is 8.85 Å². The predicted octanol–water partition coefficient (Wildman–Crippen LogP) is 1.88. The summed E-state index contributed by atoms with van der Waals surface area (Å²) < 4.78 is 11.3. The van der Waals surface area contributed by atoms with Gasteiger partial charge >= 0.3 is 8.56 Å². The summed E-state index contributed by atoms with van der Waals surface area (Å²) in [6, 6.07) is 10.1. The minimum Gasteiger partial charge on any atom is -0.394 e. The molecule has 0 radical (unpaired) electrons. The minimum atomic E-state index is -2.36. The Kier molecular flexibility index (Phi) is 4.85. The molecule has 0 aliphatic heterocycles. The number of thiol groups is 1. The van der Waals surface area contributed by atoms with Crippen LogP contribution in [0.25, 0.3) is 0 Å². The fourth-order valence-electron chi connectivity index (χ4n) is 1.72. The van der Waals surface area contributed by atoms with E-state index < -0.39 is 8.56 Å². The fourth-order valence-corrected chi connectivity index (χ4v) is 5.56. The van der Waals surface area contributed by atoms with Crippen molar-refractivity contribution in [2.75, 3.05) is 14.2 Å². The van der Waals surface area contributed by atoms with Crippen LogP contribution in [0.3, 0.4) is 0 Å². The molecular formula is C11H18O2SSi. The van der Waals surface area contributed by atoms with Crippen molar-refractivity contribution in [1.82, 2.24) is 0 Å². The van der Waals surface area contributed by atoms with Gasteiger partial charge in [0.2, 0.25) is 0 Å². The molecule has 1 unspecified atom stereocenters. The molecule has 0 amide bonds. The van der Waals surface area contributed by atoms with Gasteiger partial charge in [-0.05, 0) is 11.6 Å². The van der Waals surface area contributed by atoms with Crippen LogP contribution in [0.15, 0.2) is 30.3 Å². The number of hydrogen-bond donors (Lipinski definition) is 1. The zero-order valence-corrected chi connectivity index (χ0v) is 11.3. The quantitative estimate of drug-likeness (QED) is 0.628. The second kappa shape index (κ2) is 5.70. The summed E-state index contributed by atoms with van der Waals surface area (Å²) >= 11 is 4.59. The minimum absolute atomic E-state index is 0.148. The van der Waals surface area contributed by atoms with Gasteiger partial charge in [0.05, 0.1) is 0 Å². The van der Waals surface area contributed by atoms with Crippen molar-refractivity contribution >= 4 is 26.4 Å². The predicted molar refractivity (Wildman–Crippen MR) is 68.9 cm³/mol. The van der Waals surface area contributed by atoms with Crippen molar-refractivity contribution in [3.05, 3.63) is 30.3 Å². The van der Waals surface area contributed by atoms with Crippen LogP contribution >= 0.6 is 12.6 Å². The highest BCUT2D eigenvalue weighted by Crippen LogP contribution is 2.19. The molecule has 0 spiro atoms. The number of benzene rings is 1. The summed E-state index contributed by atoms with van der Waals surface area (Å²) in [5.74, 6) is 0. The van der Waals surface area contributed by atoms with Crippen molar-refractivity contribution in [2.45, 2.75) is 18.2 Å². The van der Waals surface area contributed by atoms with Gasteiger partial charge in [-0.3, -0.25) is 0 Å². The lowest BCUT2D eigenvalue weighted by molar-refractivity contribution is 0.255. The Morgan fingerprint density at radius 3 is 2.13 bits per heavy atom. The van der Waals surface area contributed by atoms with Crippen LogP contribution in [0, 0.1) is 0 Å². The van der Waals surface area contributed by atoms with E-state index in [0.717, 1.165) is 11.6 Å². The summed E-state index contributed by atoms with van der Waals surface area (Å²) in [6.07, 6.45) is 0.936. The van der Waals surface area contributed by atoms with Crippen LogP contribution in [0.1, 0.15) is 13.3 Å². The van der Waals surface area contributed by atoms with Crippen molar-refractivity contribution in [2.24, 2.45) is 0 Å². The molecule has 2 nitrogen and oxygen atoms in total. The van der Waals surface area contributed by atoms with Gasteiger partial charge in [-0.15, -0.1) is 0 Å². The zero-order chi connectivity index (χ0) is 11.3. The van der Waals surface area contributed by atoms with Gasteiger partial charge in [-0.25, -0.2) is 0 Å². The van der Waals surface area contributed by atoms with Crippen molar-refractivity contribution < 1.29 is 8.85 Å². The van der Waals surface area contributed by atoms with Crippen molar-refractivity contribution in [3.8, 4) is 0 Å². The van der Waals surface area contributed by atoms with Gasteiger partial charge in [0.15, 0.2) is 0 Å². The smallest absolute Gasteiger partial charge is 0.385 e. The van der Waals surface area contributed by atoms with E-state index in [1.807, 2.05) is 18.2 Å². The maximum atomic E-state index is 5.67. The Labute approximate surface area is 98.3 Å². The zero-order valence-electron chi connectivity index (χ0n) is 9.43. The fraction of sp³-hybridized carbons (Fsp3) is 0.455. The van der Waals surface area contributed by atoms with E-state index in [0.29, 0.717) is 0 Å². The number of hydrogen-bond acceptors (Lipinski definition) is 3. The first-order valence-electron chi connectivity index (χ1n) is 5.05. The molecule has 15 heavy (non-hydrogen) atoms. The van der Waals surface area contributed by atoms with E-state index in [1.54, 1.807) is 14.2 Å². The third kappa shape index (κ3) is 2.45. The van der Waals surface area contributed by atoms with Crippen LogP contribution in [0.4, 0.5) is 0 Å². The lowest BCUT2D eigenvalue weighted by Gasteiger charge is -2.32. The Morgan fingerprint density at radius 2 is 1.73 bits per heavy atom. The molecule has 0 saturated heterocycles. The average Bonchev–Trinajstić information content (AvgIpc) is 2.32. The third-order valence-electron chi connectivity index (χ3n) is 2.61. The third-order valence-corrected chi connectivity index (χ3v) is 7.63. The Morgan fingerprint density at radius 1 is 1.20 bits per heavy atom. The lowest BCUT2D eigenvalue weighted by atomic mass is 10.4. The maximum absolute atomic E-state index is 5.67. The van der Waals surface area contributed by atoms with Gasteiger partial charge in [0, 0.05) is 19.1 Å². The monoisotopic (exact) mass is 242 g/mol. The van der Waals surface area contributed by atoms with Crippen LogP contribution in [-0.4, -0.2) is 27.7 Å². The highest BCUT2D eigenvalue weighted by atomic mass is 32.1. The molecule has 1 atom stereocenters. The molecule has 0 heterocycles. The van der Waals surface area contributed by atoms with Crippen LogP contribution in [0.2, 0.25) is 0 Å². The Bertz CT molecular complexity index is 288. The second-order valence-corrected chi connectivity index (χ2v) is 7.90. The molecule has 0 aliphatic rings. The summed E-state index contributed by atoms with van der Waals surface area (Å²) in [4.78, 5) is 0.148. The van der Waals surface area contributed by atoms with E-state index >= 15 is 0 Å². The van der Waals surface area contributed by atoms with Crippen LogP contribution in [0.5, 0.6) is 0 Å². The lowest BCUT2D eigenvalue weighted by Crippen LogP contribution is -2.59. The topological polar surface area (TPSA) is 18.5 Å². The largest absolute Gasteiger partial charge is 0.394 e. The molecule has 1 aromatic carbocycles. The summed E-state index contributed by atoms with van der Waals surface area (Å²) in [5, 5.41) is 1.14. The van der Waals surface area contributed by atoms with Gasteiger partial charge in [-0.2, -0.15) is 12.6 Å². The van der Waals surface area contributed by atoms with E-state index in [9.17, 15) is 0 Å². The molecule has 0 saturated carbocycles. The summed E-state index contributed by atoms with van der Waals surface area (Å²) in [6.45, 7) is 2.10. The van der Waals surface area contributed by atoms with E-state index in [2.05, 4.69) is 31.7 Å². The average molecular weight is 242 g/mol. The molecule has 1 aromatic rings. The molecule has 4 heteroatoms. The van der Waals surface area contributed by atoms with Gasteiger partial charge in [0.1, 0.15) is 0 Å². The molecule has 0 N–H and O–H groups in total. The van der Waals surface area contributed by atoms with Crippen molar-refractivity contribution in [1.29, 1.82) is 0 Å². The highest BCUT2D eigenvalue weighted by Gasteiger charge is 2.43. The SMILES string of the molecule is CCC(S)[Si](OC)(OC)c1ccccc1. The molecule has 0 fully saturated rings. The summed E-state index contributed by atoms with van der Waals surface area (Å²) in [7, 11) is 1.06. The molecule has 1 rings (SSSR count). The van der Waals surface area contributed by atoms with Crippen LogP contribution in [-0.2, 0) is 8.85 Å². The standard InChI is InChI=1S/C11H18O2SSi/c1-4-11(14)15(12-2,13-3)10-8-6-5-7-9-10/h5-9,11,14H,4H2,1-3H3. The first kappa shape index (κ1) is 12.8. The molecule has 0 aliphatic carbocycles. The van der Waals surface area contributed by atoms with E-state index in [1.165, 1.54) is 0 Å². The second-order valence-electron chi connectivity index (χ2n) is 3.37. The number of rotatable bonds is 5. The Balaban J connectivity index is 3.11. The molecule has 0 bridgehead atoms. The Hall–Kier alpha value is -0.293. The van der Waals surface area contributed by atoms with Crippen molar-refractivity contribution in [3.63, 3.8) is 0 Å². The molecule has 84 valence electrons. The summed E-state index contributed by atoms with van der Waals surface area (Å²) in [5.41, 5.74) is 0. The van der Waals surface area contributed by atoms with Gasteiger partial charge in [0.25, 0.3) is 0 Å².